The van der Waals surface area contributed by atoms with Crippen molar-refractivity contribution in [2.75, 3.05) is 0 Å². The molecule has 0 spiro atoms. The Hall–Kier alpha value is -1.44. The number of halogens is 1. The Morgan fingerprint density at radius 1 is 1.17 bits per heavy atom. The molecule has 18 heavy (non-hydrogen) atoms. The van der Waals surface area contributed by atoms with Crippen LogP contribution in [0.3, 0.4) is 0 Å². The lowest BCUT2D eigenvalue weighted by molar-refractivity contribution is 0.444. The van der Waals surface area contributed by atoms with Crippen molar-refractivity contribution in [3.63, 3.8) is 0 Å². The smallest absolute Gasteiger partial charge is 0.243 e. The molecule has 1 heterocycles. The van der Waals surface area contributed by atoms with Crippen molar-refractivity contribution < 1.29 is 13.2 Å². The van der Waals surface area contributed by atoms with E-state index in [9.17, 15) is 8.42 Å². The second kappa shape index (κ2) is 5.05. The zero-order valence-corrected chi connectivity index (χ0v) is 11.5. The van der Waals surface area contributed by atoms with Crippen molar-refractivity contribution in [1.82, 2.24) is 4.98 Å². The summed E-state index contributed by atoms with van der Waals surface area (Å²) in [5, 5.41) is 5.09. The summed E-state index contributed by atoms with van der Waals surface area (Å²) in [5.41, 5.74) is 0. The highest BCUT2D eigenvalue weighted by molar-refractivity contribution is 9.10. The molecule has 0 bridgehead atoms. The number of sulfonamides is 1. The maximum atomic E-state index is 11.4. The fraction of sp³-hybridized carbons (Fsp3) is 0. The van der Waals surface area contributed by atoms with Crippen LogP contribution < -0.4 is 9.88 Å². The third-order valence-electron chi connectivity index (χ3n) is 2.09. The van der Waals surface area contributed by atoms with Crippen LogP contribution in [0.15, 0.2) is 52.0 Å². The first-order valence-corrected chi connectivity index (χ1v) is 7.22. The van der Waals surface area contributed by atoms with E-state index in [2.05, 4.69) is 20.9 Å². The van der Waals surface area contributed by atoms with Gasteiger partial charge in [0.25, 0.3) is 0 Å². The van der Waals surface area contributed by atoms with Crippen LogP contribution in [-0.2, 0) is 10.0 Å². The zero-order valence-electron chi connectivity index (χ0n) is 9.08. The van der Waals surface area contributed by atoms with Gasteiger partial charge in [0.15, 0.2) is 0 Å². The van der Waals surface area contributed by atoms with Crippen LogP contribution in [0.1, 0.15) is 0 Å². The molecule has 2 N–H and O–H groups in total. The molecule has 0 amide bonds. The molecular weight excluding hydrogens is 320 g/mol. The van der Waals surface area contributed by atoms with Crippen LogP contribution in [0.2, 0.25) is 0 Å². The number of nitrogens with two attached hydrogens (primary N) is 1. The second-order valence-electron chi connectivity index (χ2n) is 3.38. The van der Waals surface area contributed by atoms with Gasteiger partial charge in [-0.25, -0.2) is 18.5 Å². The number of rotatable bonds is 3. The molecule has 0 fully saturated rings. The number of nitrogens with zero attached hydrogens (tertiary/aromatic N) is 1. The number of ether oxygens (including phenoxy) is 1. The molecule has 2 aromatic rings. The Kier molecular flexibility index (Phi) is 3.65. The maximum Gasteiger partial charge on any atom is 0.243 e. The van der Waals surface area contributed by atoms with E-state index in [1.165, 1.54) is 18.3 Å². The molecule has 0 atom stereocenters. The summed E-state index contributed by atoms with van der Waals surface area (Å²) in [7, 11) is -3.87. The number of hydrogen-bond donors (Lipinski definition) is 1. The van der Waals surface area contributed by atoms with Gasteiger partial charge in [0.05, 0.1) is 4.47 Å². The fourth-order valence-corrected chi connectivity index (χ4v) is 2.27. The molecule has 0 saturated carbocycles. The lowest BCUT2D eigenvalue weighted by Gasteiger charge is -2.09. The third kappa shape index (κ3) is 2.87. The number of hydrogen-bond acceptors (Lipinski definition) is 4. The largest absolute Gasteiger partial charge is 0.436 e. The summed E-state index contributed by atoms with van der Waals surface area (Å²) >= 11 is 3.30. The van der Waals surface area contributed by atoms with Crippen molar-refractivity contribution in [3.05, 3.63) is 47.1 Å². The predicted octanol–water partition coefficient (Wildman–Crippen LogP) is 2.28. The van der Waals surface area contributed by atoms with Gasteiger partial charge in [-0.3, -0.25) is 0 Å². The first-order chi connectivity index (χ1) is 8.48. The summed E-state index contributed by atoms with van der Waals surface area (Å²) in [6, 6.07) is 9.86. The van der Waals surface area contributed by atoms with Crippen LogP contribution in [0.25, 0.3) is 0 Å². The Balaban J connectivity index is 2.45. The summed E-state index contributed by atoms with van der Waals surface area (Å²) in [5.74, 6) is 0.410. The Labute approximate surface area is 113 Å². The van der Waals surface area contributed by atoms with Crippen molar-refractivity contribution in [2.45, 2.75) is 4.90 Å². The van der Waals surface area contributed by atoms with Gasteiger partial charge >= 0.3 is 0 Å². The van der Waals surface area contributed by atoms with E-state index in [0.29, 0.717) is 10.2 Å². The quantitative estimate of drug-likeness (QED) is 0.936. The highest BCUT2D eigenvalue weighted by Crippen LogP contribution is 2.30. The minimum Gasteiger partial charge on any atom is -0.436 e. The molecule has 2 rings (SSSR count). The van der Waals surface area contributed by atoms with E-state index < -0.39 is 10.0 Å². The van der Waals surface area contributed by atoms with Crippen LogP contribution in [0, 0.1) is 0 Å². The van der Waals surface area contributed by atoms with E-state index in [4.69, 9.17) is 9.88 Å². The molecule has 0 aliphatic carbocycles. The first kappa shape index (κ1) is 13.0. The van der Waals surface area contributed by atoms with E-state index in [1.807, 2.05) is 6.07 Å². The SMILES string of the molecule is NS(=O)(=O)c1cccnc1Oc1ccccc1Br. The molecule has 0 aliphatic rings. The minimum absolute atomic E-state index is 0.0492. The first-order valence-electron chi connectivity index (χ1n) is 4.88. The lowest BCUT2D eigenvalue weighted by Crippen LogP contribution is -2.13. The number of pyridine rings is 1. The predicted molar refractivity (Wildman–Crippen MR) is 69.8 cm³/mol. The number of benzene rings is 1. The molecular formula is C11H9BrN2O3S. The van der Waals surface area contributed by atoms with Gasteiger partial charge in [-0.2, -0.15) is 0 Å². The van der Waals surface area contributed by atoms with Gasteiger partial charge in [-0.15, -0.1) is 0 Å². The zero-order chi connectivity index (χ0) is 13.2. The fourth-order valence-electron chi connectivity index (χ4n) is 1.30. The van der Waals surface area contributed by atoms with Crippen LogP contribution in [-0.4, -0.2) is 13.4 Å². The van der Waals surface area contributed by atoms with Crippen LogP contribution >= 0.6 is 15.9 Å². The Morgan fingerprint density at radius 2 is 1.89 bits per heavy atom. The van der Waals surface area contributed by atoms with Crippen molar-refractivity contribution in [1.29, 1.82) is 0 Å². The Morgan fingerprint density at radius 3 is 2.56 bits per heavy atom. The van der Waals surface area contributed by atoms with Gasteiger partial charge in [0.2, 0.25) is 15.9 Å². The second-order valence-corrected chi connectivity index (χ2v) is 5.77. The third-order valence-corrected chi connectivity index (χ3v) is 3.66. The van der Waals surface area contributed by atoms with E-state index in [1.54, 1.807) is 18.2 Å². The number of aromatic nitrogens is 1. The van der Waals surface area contributed by atoms with Crippen molar-refractivity contribution >= 4 is 26.0 Å². The van der Waals surface area contributed by atoms with Gasteiger partial charge in [-0.05, 0) is 40.2 Å². The van der Waals surface area contributed by atoms with Crippen molar-refractivity contribution in [3.8, 4) is 11.6 Å². The standard InChI is InChI=1S/C11H9BrN2O3S/c12-8-4-1-2-5-9(8)17-11-10(18(13,15)16)6-3-7-14-11/h1-7H,(H2,13,15,16). The average Bonchev–Trinajstić information content (AvgIpc) is 2.31. The molecule has 7 heteroatoms. The molecule has 1 aromatic carbocycles. The average molecular weight is 329 g/mol. The summed E-state index contributed by atoms with van der Waals surface area (Å²) in [6.45, 7) is 0. The van der Waals surface area contributed by atoms with Gasteiger partial charge < -0.3 is 4.74 Å². The van der Waals surface area contributed by atoms with Gasteiger partial charge in [0, 0.05) is 6.20 Å². The van der Waals surface area contributed by atoms with Crippen LogP contribution in [0.5, 0.6) is 11.6 Å². The molecule has 0 radical (unpaired) electrons. The van der Waals surface area contributed by atoms with E-state index in [-0.39, 0.29) is 10.8 Å². The number of para-hydroxylation sites is 1. The molecule has 5 nitrogen and oxygen atoms in total. The highest BCUT2D eigenvalue weighted by Gasteiger charge is 2.17. The highest BCUT2D eigenvalue weighted by atomic mass is 79.9. The Bertz CT molecular complexity index is 673. The number of primary sulfonamides is 1. The topological polar surface area (TPSA) is 82.3 Å². The van der Waals surface area contributed by atoms with Gasteiger partial charge in [0.1, 0.15) is 10.6 Å². The lowest BCUT2D eigenvalue weighted by atomic mass is 10.3. The van der Waals surface area contributed by atoms with E-state index >= 15 is 0 Å². The van der Waals surface area contributed by atoms with E-state index in [0.717, 1.165) is 0 Å². The minimum atomic E-state index is -3.87. The summed E-state index contributed by atoms with van der Waals surface area (Å²) in [6.07, 6.45) is 1.43. The van der Waals surface area contributed by atoms with Crippen molar-refractivity contribution in [2.24, 2.45) is 5.14 Å². The normalized spacial score (nSPS) is 11.2. The monoisotopic (exact) mass is 328 g/mol. The molecule has 1 aromatic heterocycles. The molecule has 0 aliphatic heterocycles. The summed E-state index contributed by atoms with van der Waals surface area (Å²) in [4.78, 5) is 3.73. The van der Waals surface area contributed by atoms with Gasteiger partial charge in [-0.1, -0.05) is 12.1 Å². The van der Waals surface area contributed by atoms with Crippen LogP contribution in [0.4, 0.5) is 0 Å². The molecule has 94 valence electrons. The molecule has 0 unspecified atom stereocenters. The summed E-state index contributed by atoms with van der Waals surface area (Å²) < 4.78 is 28.9. The maximum absolute atomic E-state index is 11.4. The molecule has 0 saturated heterocycles.